The van der Waals surface area contributed by atoms with E-state index < -0.39 is 0 Å². The standard InChI is InChI=1S/C10H8NO/c12-8-3-1-2-5-10-6-4-7-11-9-10/h4,6-7,9H,1,3H2. The third-order valence-corrected chi connectivity index (χ3v) is 1.25. The molecular formula is C10H8NO. The van der Waals surface area contributed by atoms with Crippen LogP contribution in [0, 0.1) is 11.8 Å². The van der Waals surface area contributed by atoms with Gasteiger partial charge in [0.25, 0.3) is 0 Å². The van der Waals surface area contributed by atoms with Gasteiger partial charge in [-0.3, -0.25) is 9.78 Å². The van der Waals surface area contributed by atoms with Crippen LogP contribution in [0.2, 0.25) is 0 Å². The van der Waals surface area contributed by atoms with Crippen LogP contribution < -0.4 is 0 Å². The van der Waals surface area contributed by atoms with Crippen LogP contribution in [0.3, 0.4) is 0 Å². The predicted octanol–water partition coefficient (Wildman–Crippen LogP) is 1.32. The summed E-state index contributed by atoms with van der Waals surface area (Å²) in [5.41, 5.74) is 0.878. The van der Waals surface area contributed by atoms with Crippen LogP contribution in [0.25, 0.3) is 0 Å². The molecule has 0 saturated carbocycles. The van der Waals surface area contributed by atoms with Crippen LogP contribution in [-0.2, 0) is 4.79 Å². The highest BCUT2D eigenvalue weighted by Gasteiger charge is 1.82. The summed E-state index contributed by atoms with van der Waals surface area (Å²) >= 11 is 0. The van der Waals surface area contributed by atoms with Gasteiger partial charge >= 0.3 is 0 Å². The Labute approximate surface area is 71.6 Å². The van der Waals surface area contributed by atoms with Crippen molar-refractivity contribution < 1.29 is 4.79 Å². The van der Waals surface area contributed by atoms with Crippen molar-refractivity contribution in [1.29, 1.82) is 0 Å². The molecule has 1 aromatic rings. The molecule has 0 atom stereocenters. The molecule has 12 heavy (non-hydrogen) atoms. The topological polar surface area (TPSA) is 30.0 Å². The van der Waals surface area contributed by atoms with Crippen LogP contribution in [-0.4, -0.2) is 11.3 Å². The molecule has 0 amide bonds. The van der Waals surface area contributed by atoms with E-state index in [9.17, 15) is 4.79 Å². The van der Waals surface area contributed by atoms with Gasteiger partial charge in [-0.15, -0.1) is 0 Å². The molecule has 0 aliphatic rings. The monoisotopic (exact) mass is 158 g/mol. The average molecular weight is 158 g/mol. The lowest BCUT2D eigenvalue weighted by molar-refractivity contribution is 0.552. The second-order valence-corrected chi connectivity index (χ2v) is 2.19. The molecule has 1 aromatic heterocycles. The third-order valence-electron chi connectivity index (χ3n) is 1.25. The van der Waals surface area contributed by atoms with E-state index in [1.807, 2.05) is 12.1 Å². The van der Waals surface area contributed by atoms with Crippen molar-refractivity contribution in [3.63, 3.8) is 0 Å². The summed E-state index contributed by atoms with van der Waals surface area (Å²) < 4.78 is 0. The minimum Gasteiger partial charge on any atom is -0.291 e. The van der Waals surface area contributed by atoms with Crippen LogP contribution in [0.4, 0.5) is 0 Å². The lowest BCUT2D eigenvalue weighted by Gasteiger charge is -1.84. The van der Waals surface area contributed by atoms with Crippen molar-refractivity contribution in [2.75, 3.05) is 0 Å². The Hall–Kier alpha value is -1.62. The number of hydrogen-bond acceptors (Lipinski definition) is 2. The van der Waals surface area contributed by atoms with Gasteiger partial charge in [0, 0.05) is 30.8 Å². The minimum atomic E-state index is 0.382. The largest absolute Gasteiger partial charge is 0.291 e. The fourth-order valence-corrected chi connectivity index (χ4v) is 0.715. The maximum absolute atomic E-state index is 9.81. The first-order valence-electron chi connectivity index (χ1n) is 3.67. The lowest BCUT2D eigenvalue weighted by atomic mass is 10.2. The molecule has 2 heteroatoms. The fourth-order valence-electron chi connectivity index (χ4n) is 0.715. The van der Waals surface area contributed by atoms with Crippen molar-refractivity contribution in [3.05, 3.63) is 30.1 Å². The van der Waals surface area contributed by atoms with Gasteiger partial charge in [-0.1, -0.05) is 11.8 Å². The van der Waals surface area contributed by atoms with Gasteiger partial charge in [-0.05, 0) is 12.1 Å². The molecule has 0 fully saturated rings. The summed E-state index contributed by atoms with van der Waals surface area (Å²) in [7, 11) is 0. The summed E-state index contributed by atoms with van der Waals surface area (Å²) in [5, 5.41) is 0. The van der Waals surface area contributed by atoms with Crippen molar-refractivity contribution in [2.24, 2.45) is 0 Å². The van der Waals surface area contributed by atoms with E-state index >= 15 is 0 Å². The number of pyridine rings is 1. The quantitative estimate of drug-likeness (QED) is 0.480. The molecule has 0 saturated heterocycles. The average Bonchev–Trinajstić information content (AvgIpc) is 2.14. The van der Waals surface area contributed by atoms with Gasteiger partial charge in [0.1, 0.15) is 0 Å². The Bertz CT molecular complexity index is 295. The number of nitrogens with zero attached hydrogens (tertiary/aromatic N) is 1. The minimum absolute atomic E-state index is 0.382. The summed E-state index contributed by atoms with van der Waals surface area (Å²) in [6, 6.07) is 3.71. The van der Waals surface area contributed by atoms with Crippen molar-refractivity contribution >= 4 is 6.29 Å². The van der Waals surface area contributed by atoms with Crippen LogP contribution in [0.15, 0.2) is 24.5 Å². The molecule has 0 aromatic carbocycles. The van der Waals surface area contributed by atoms with E-state index in [1.165, 1.54) is 0 Å². The summed E-state index contributed by atoms with van der Waals surface area (Å²) in [6.45, 7) is 0. The molecule has 1 rings (SSSR count). The number of unbranched alkanes of at least 4 members (excludes halogenated alkanes) is 1. The Morgan fingerprint density at radius 1 is 1.42 bits per heavy atom. The number of aromatic nitrogens is 1. The summed E-state index contributed by atoms with van der Waals surface area (Å²) in [5.74, 6) is 5.74. The number of carbonyl (C=O) groups excluding carboxylic acids is 1. The van der Waals surface area contributed by atoms with Crippen LogP contribution in [0.5, 0.6) is 0 Å². The van der Waals surface area contributed by atoms with Crippen molar-refractivity contribution in [1.82, 2.24) is 4.98 Å². The second-order valence-electron chi connectivity index (χ2n) is 2.19. The molecule has 0 spiro atoms. The molecule has 59 valence electrons. The van der Waals surface area contributed by atoms with E-state index in [4.69, 9.17) is 0 Å². The van der Waals surface area contributed by atoms with Crippen molar-refractivity contribution in [2.45, 2.75) is 12.8 Å². The number of rotatable bonds is 2. The number of hydrogen-bond donors (Lipinski definition) is 0. The Morgan fingerprint density at radius 3 is 3.00 bits per heavy atom. The highest BCUT2D eigenvalue weighted by molar-refractivity contribution is 5.51. The molecule has 0 unspecified atom stereocenters. The van der Waals surface area contributed by atoms with E-state index in [0.717, 1.165) is 5.56 Å². The summed E-state index contributed by atoms with van der Waals surface area (Å²) in [6.07, 6.45) is 6.13. The van der Waals surface area contributed by atoms with Crippen LogP contribution >= 0.6 is 0 Å². The third kappa shape index (κ3) is 2.98. The lowest BCUT2D eigenvalue weighted by Crippen LogP contribution is -1.75. The van der Waals surface area contributed by atoms with Crippen molar-refractivity contribution in [3.8, 4) is 11.8 Å². The first-order valence-corrected chi connectivity index (χ1v) is 3.67. The maximum Gasteiger partial charge on any atom is 0.199 e. The molecular weight excluding hydrogens is 150 g/mol. The zero-order valence-electron chi connectivity index (χ0n) is 6.58. The fraction of sp³-hybridized carbons (Fsp3) is 0.200. The highest BCUT2D eigenvalue weighted by Crippen LogP contribution is 1.92. The second kappa shape index (κ2) is 5.09. The molecule has 0 aliphatic carbocycles. The molecule has 0 N–H and O–H groups in total. The summed E-state index contributed by atoms with van der Waals surface area (Å²) in [4.78, 5) is 13.7. The Morgan fingerprint density at radius 2 is 2.33 bits per heavy atom. The van der Waals surface area contributed by atoms with Gasteiger partial charge in [0.15, 0.2) is 6.29 Å². The zero-order valence-corrected chi connectivity index (χ0v) is 6.58. The first kappa shape index (κ1) is 8.48. The maximum atomic E-state index is 9.81. The highest BCUT2D eigenvalue weighted by atomic mass is 16.1. The van der Waals surface area contributed by atoms with Gasteiger partial charge < -0.3 is 0 Å². The Balaban J connectivity index is 2.49. The predicted molar refractivity (Wildman–Crippen MR) is 46.0 cm³/mol. The van der Waals surface area contributed by atoms with Crippen LogP contribution in [0.1, 0.15) is 18.4 Å². The Kier molecular flexibility index (Phi) is 3.59. The first-order chi connectivity index (χ1) is 5.93. The molecule has 0 aliphatic heterocycles. The van der Waals surface area contributed by atoms with Gasteiger partial charge in [-0.25, -0.2) is 0 Å². The van der Waals surface area contributed by atoms with Gasteiger partial charge in [-0.2, -0.15) is 0 Å². The molecule has 2 nitrogen and oxygen atoms in total. The molecule has 1 radical (unpaired) electrons. The molecule has 1 heterocycles. The van der Waals surface area contributed by atoms with Gasteiger partial charge in [0.05, 0.1) is 0 Å². The van der Waals surface area contributed by atoms with E-state index in [0.29, 0.717) is 12.8 Å². The van der Waals surface area contributed by atoms with E-state index in [2.05, 4.69) is 16.8 Å². The molecule has 0 bridgehead atoms. The van der Waals surface area contributed by atoms with Gasteiger partial charge in [0.2, 0.25) is 0 Å². The SMILES string of the molecule is O=[C]CCC#Cc1cccnc1. The van der Waals surface area contributed by atoms with E-state index in [-0.39, 0.29) is 0 Å². The smallest absolute Gasteiger partial charge is 0.199 e. The van der Waals surface area contributed by atoms with E-state index in [1.54, 1.807) is 18.7 Å². The zero-order chi connectivity index (χ0) is 8.65. The normalized spacial score (nSPS) is 8.33.